The van der Waals surface area contributed by atoms with Gasteiger partial charge in [0.1, 0.15) is 6.04 Å². The zero-order valence-electron chi connectivity index (χ0n) is 13.8. The lowest BCUT2D eigenvalue weighted by Crippen LogP contribution is -2.33. The molecule has 1 unspecified atom stereocenters. The van der Waals surface area contributed by atoms with E-state index in [2.05, 4.69) is 10.3 Å². The average Bonchev–Trinajstić information content (AvgIpc) is 3.02. The second kappa shape index (κ2) is 6.46. The van der Waals surface area contributed by atoms with Crippen molar-refractivity contribution in [3.63, 3.8) is 0 Å². The van der Waals surface area contributed by atoms with Crippen molar-refractivity contribution in [3.05, 3.63) is 58.9 Å². The predicted molar refractivity (Wildman–Crippen MR) is 99.2 cm³/mol. The number of aliphatic carboxylic acids is 1. The number of rotatable bonds is 2. The van der Waals surface area contributed by atoms with E-state index in [9.17, 15) is 14.7 Å². The molecule has 1 fully saturated rings. The van der Waals surface area contributed by atoms with E-state index in [1.807, 2.05) is 12.1 Å². The van der Waals surface area contributed by atoms with Crippen molar-refractivity contribution >= 4 is 40.4 Å². The van der Waals surface area contributed by atoms with Gasteiger partial charge in [0, 0.05) is 41.0 Å². The Morgan fingerprint density at radius 3 is 2.88 bits per heavy atom. The van der Waals surface area contributed by atoms with Crippen molar-refractivity contribution in [1.29, 1.82) is 0 Å². The Bertz CT molecular complexity index is 927. The van der Waals surface area contributed by atoms with Gasteiger partial charge in [-0.1, -0.05) is 17.7 Å². The molecule has 6 nitrogen and oxygen atoms in total. The molecule has 0 saturated carbocycles. The van der Waals surface area contributed by atoms with Crippen molar-refractivity contribution in [2.75, 3.05) is 16.8 Å². The fraction of sp³-hybridized carbons (Fsp3) is 0.211. The van der Waals surface area contributed by atoms with Crippen LogP contribution in [-0.2, 0) is 9.59 Å². The van der Waals surface area contributed by atoms with Crippen molar-refractivity contribution in [2.45, 2.75) is 18.9 Å². The summed E-state index contributed by atoms with van der Waals surface area (Å²) in [5.74, 6) is -1.05. The number of amides is 1. The highest BCUT2D eigenvalue weighted by molar-refractivity contribution is 6.31. The molecule has 2 N–H and O–H groups in total. The average molecular weight is 370 g/mol. The molecule has 2 aliphatic heterocycles. The van der Waals surface area contributed by atoms with Crippen molar-refractivity contribution in [1.82, 2.24) is 4.98 Å². The summed E-state index contributed by atoms with van der Waals surface area (Å²) in [5.41, 5.74) is 3.66. The van der Waals surface area contributed by atoms with E-state index < -0.39 is 12.0 Å². The molecule has 1 saturated heterocycles. The molecule has 26 heavy (non-hydrogen) atoms. The lowest BCUT2D eigenvalue weighted by molar-refractivity contribution is -0.137. The summed E-state index contributed by atoms with van der Waals surface area (Å²) < 4.78 is 0. The van der Waals surface area contributed by atoms with Crippen LogP contribution in [0.5, 0.6) is 0 Å². The van der Waals surface area contributed by atoms with E-state index in [1.54, 1.807) is 35.5 Å². The van der Waals surface area contributed by atoms with E-state index in [-0.39, 0.29) is 12.3 Å². The number of nitrogens with zero attached hydrogens (tertiary/aromatic N) is 2. The molecule has 2 aromatic rings. The minimum absolute atomic E-state index is 0.0973. The van der Waals surface area contributed by atoms with E-state index in [4.69, 9.17) is 11.6 Å². The minimum Gasteiger partial charge on any atom is -0.480 e. The number of carboxylic acid groups (broad SMARTS) is 1. The third-order valence-corrected chi connectivity index (χ3v) is 4.99. The van der Waals surface area contributed by atoms with Gasteiger partial charge in [-0.05, 0) is 36.3 Å². The Morgan fingerprint density at radius 2 is 2.15 bits per heavy atom. The number of hydrogen-bond donors (Lipinski definition) is 2. The van der Waals surface area contributed by atoms with Gasteiger partial charge in [0.25, 0.3) is 5.91 Å². The lowest BCUT2D eigenvalue weighted by atomic mass is 9.88. The van der Waals surface area contributed by atoms with E-state index >= 15 is 0 Å². The number of halogens is 1. The first-order valence-corrected chi connectivity index (χ1v) is 8.65. The second-order valence-electron chi connectivity index (χ2n) is 6.30. The van der Waals surface area contributed by atoms with Gasteiger partial charge in [0.05, 0.1) is 11.9 Å². The minimum atomic E-state index is -0.955. The highest BCUT2D eigenvalue weighted by Gasteiger charge is 2.35. The second-order valence-corrected chi connectivity index (χ2v) is 6.74. The maximum Gasteiger partial charge on any atom is 0.326 e. The van der Waals surface area contributed by atoms with Crippen LogP contribution in [0.25, 0.3) is 5.57 Å². The molecule has 132 valence electrons. The smallest absolute Gasteiger partial charge is 0.326 e. The van der Waals surface area contributed by atoms with Crippen molar-refractivity contribution in [2.24, 2.45) is 0 Å². The van der Waals surface area contributed by atoms with Gasteiger partial charge >= 0.3 is 5.97 Å². The largest absolute Gasteiger partial charge is 0.480 e. The first-order chi connectivity index (χ1) is 12.5. The topological polar surface area (TPSA) is 82.5 Å². The molecule has 0 bridgehead atoms. The number of carbonyl (C=O) groups is 2. The number of carboxylic acids is 1. The van der Waals surface area contributed by atoms with E-state index in [0.29, 0.717) is 29.2 Å². The molecule has 7 heteroatoms. The summed E-state index contributed by atoms with van der Waals surface area (Å²) in [7, 11) is 0. The molecule has 0 spiro atoms. The lowest BCUT2D eigenvalue weighted by Gasteiger charge is -2.28. The molecule has 1 atom stereocenters. The first kappa shape index (κ1) is 16.6. The fourth-order valence-corrected chi connectivity index (χ4v) is 3.69. The monoisotopic (exact) mass is 369 g/mol. The number of nitrogens with one attached hydrogen (secondary N) is 1. The zero-order chi connectivity index (χ0) is 18.3. The SMILES string of the molecule is O=C(O)C1CC(=C2CCN(c3cccnc3)C2=O)c2ccc(Cl)cc2N1. The standard InChI is InChI=1S/C19H16ClN3O3/c20-11-3-4-13-15(9-17(19(25)26)22-16(13)8-11)14-5-7-23(18(14)24)12-2-1-6-21-10-12/h1-4,6,8,10,17,22H,5,7,9H2,(H,25,26). The van der Waals surface area contributed by atoms with Gasteiger partial charge < -0.3 is 15.3 Å². The van der Waals surface area contributed by atoms with Crippen LogP contribution in [0.15, 0.2) is 48.3 Å². The Labute approximate surface area is 155 Å². The summed E-state index contributed by atoms with van der Waals surface area (Å²) in [5, 5.41) is 13.0. The van der Waals surface area contributed by atoms with Gasteiger partial charge in [-0.3, -0.25) is 9.78 Å². The third-order valence-electron chi connectivity index (χ3n) is 4.75. The van der Waals surface area contributed by atoms with E-state index in [1.165, 1.54) is 0 Å². The van der Waals surface area contributed by atoms with Gasteiger partial charge in [-0.15, -0.1) is 0 Å². The maximum absolute atomic E-state index is 13.0. The van der Waals surface area contributed by atoms with Crippen molar-refractivity contribution in [3.8, 4) is 0 Å². The van der Waals surface area contributed by atoms with Crippen LogP contribution in [0.4, 0.5) is 11.4 Å². The number of anilines is 2. The summed E-state index contributed by atoms with van der Waals surface area (Å²) in [4.78, 5) is 30.3. The summed E-state index contributed by atoms with van der Waals surface area (Å²) in [6.07, 6.45) is 4.14. The predicted octanol–water partition coefficient (Wildman–Crippen LogP) is 3.19. The summed E-state index contributed by atoms with van der Waals surface area (Å²) in [6.45, 7) is 0.553. The van der Waals surface area contributed by atoms with Crippen molar-refractivity contribution < 1.29 is 14.7 Å². The van der Waals surface area contributed by atoms with E-state index in [0.717, 1.165) is 16.8 Å². The Balaban J connectivity index is 1.78. The van der Waals surface area contributed by atoms with Crippen LogP contribution in [0.3, 0.4) is 0 Å². The van der Waals surface area contributed by atoms with Gasteiger partial charge in [0.2, 0.25) is 0 Å². The quantitative estimate of drug-likeness (QED) is 0.794. The molecule has 1 amide bonds. The van der Waals surface area contributed by atoms with Crippen LogP contribution < -0.4 is 10.2 Å². The zero-order valence-corrected chi connectivity index (χ0v) is 14.5. The molecule has 0 radical (unpaired) electrons. The maximum atomic E-state index is 13.0. The molecule has 1 aromatic heterocycles. The molecular weight excluding hydrogens is 354 g/mol. The number of pyridine rings is 1. The fourth-order valence-electron chi connectivity index (χ4n) is 3.52. The number of benzene rings is 1. The Morgan fingerprint density at radius 1 is 1.31 bits per heavy atom. The highest BCUT2D eigenvalue weighted by Crippen LogP contribution is 2.40. The van der Waals surface area contributed by atoms with Crippen LogP contribution in [0.1, 0.15) is 18.4 Å². The molecule has 1 aromatic carbocycles. The first-order valence-electron chi connectivity index (χ1n) is 8.28. The molecule has 3 heterocycles. The summed E-state index contributed by atoms with van der Waals surface area (Å²) >= 11 is 6.06. The molecule has 0 aliphatic carbocycles. The van der Waals surface area contributed by atoms with Gasteiger partial charge in [0.15, 0.2) is 0 Å². The Hall–Kier alpha value is -2.86. The number of fused-ring (bicyclic) bond motifs is 1. The third kappa shape index (κ3) is 2.82. The molecular formula is C19H16ClN3O3. The summed E-state index contributed by atoms with van der Waals surface area (Å²) in [6, 6.07) is 8.13. The van der Waals surface area contributed by atoms with Gasteiger partial charge in [-0.25, -0.2) is 4.79 Å². The number of hydrogen-bond acceptors (Lipinski definition) is 4. The highest BCUT2D eigenvalue weighted by atomic mass is 35.5. The molecule has 4 rings (SSSR count). The number of aromatic nitrogens is 1. The molecule has 2 aliphatic rings. The van der Waals surface area contributed by atoms with Crippen LogP contribution in [0, 0.1) is 0 Å². The number of carbonyl (C=O) groups excluding carboxylic acids is 1. The van der Waals surface area contributed by atoms with Crippen LogP contribution in [-0.4, -0.2) is 34.6 Å². The van der Waals surface area contributed by atoms with Crippen LogP contribution >= 0.6 is 11.6 Å². The Kier molecular flexibility index (Phi) is 4.12. The van der Waals surface area contributed by atoms with Crippen LogP contribution in [0.2, 0.25) is 5.02 Å². The normalized spacial score (nSPS) is 22.1. The van der Waals surface area contributed by atoms with Gasteiger partial charge in [-0.2, -0.15) is 0 Å².